The molecule has 0 amide bonds. The predicted molar refractivity (Wildman–Crippen MR) is 79.5 cm³/mol. The van der Waals surface area contributed by atoms with Crippen molar-refractivity contribution in [1.82, 2.24) is 15.0 Å². The van der Waals surface area contributed by atoms with E-state index in [4.69, 9.17) is 16.0 Å². The maximum Gasteiger partial charge on any atom is 0.350 e. The van der Waals surface area contributed by atoms with Gasteiger partial charge in [-0.15, -0.1) is 0 Å². The Hall–Kier alpha value is -2.66. The molecule has 2 aliphatic heterocycles. The number of nitrogens with zero attached hydrogens (tertiary/aromatic N) is 2. The first kappa shape index (κ1) is 12.1. The minimum atomic E-state index is -0.466. The van der Waals surface area contributed by atoms with E-state index in [1.54, 1.807) is 0 Å². The molecule has 1 N–H and O–H groups in total. The molecule has 2 aromatic rings. The van der Waals surface area contributed by atoms with Crippen molar-refractivity contribution in [3.05, 3.63) is 58.0 Å². The van der Waals surface area contributed by atoms with Gasteiger partial charge in [0.05, 0.1) is 0 Å². The molecule has 0 saturated heterocycles. The summed E-state index contributed by atoms with van der Waals surface area (Å²) < 4.78 is 5.62. The van der Waals surface area contributed by atoms with Crippen LogP contribution in [0, 0.1) is 0 Å². The number of nitrogens with one attached hydrogen (secondary N) is 1. The van der Waals surface area contributed by atoms with Gasteiger partial charge in [-0.1, -0.05) is 29.8 Å². The number of aromatic amines is 1. The van der Waals surface area contributed by atoms with Crippen molar-refractivity contribution in [2.45, 2.75) is 0 Å². The van der Waals surface area contributed by atoms with Gasteiger partial charge in [0.25, 0.3) is 5.89 Å². The summed E-state index contributed by atoms with van der Waals surface area (Å²) in [4.78, 5) is 21.8. The van der Waals surface area contributed by atoms with Gasteiger partial charge in [0.2, 0.25) is 0 Å². The Bertz CT molecular complexity index is 990. The molecule has 2 heterocycles. The number of imidazole rings is 1. The van der Waals surface area contributed by atoms with E-state index < -0.39 is 5.69 Å². The third-order valence-corrected chi connectivity index (χ3v) is 3.42. The number of benzene rings is 2. The number of H-pyrrole nitrogens is 1. The van der Waals surface area contributed by atoms with Crippen molar-refractivity contribution in [3.8, 4) is 22.8 Å². The molecule has 0 fully saturated rings. The van der Waals surface area contributed by atoms with Crippen molar-refractivity contribution in [3.63, 3.8) is 0 Å². The number of hydrogen-bond donors (Lipinski definition) is 1. The van der Waals surface area contributed by atoms with E-state index in [2.05, 4.69) is 15.0 Å². The molecule has 21 heavy (non-hydrogen) atoms. The minimum absolute atomic E-state index is 0.204. The zero-order valence-electron chi connectivity index (χ0n) is 10.6. The lowest BCUT2D eigenvalue weighted by Crippen LogP contribution is -1.98. The van der Waals surface area contributed by atoms with Crippen LogP contribution in [0.25, 0.3) is 33.9 Å². The smallest absolute Gasteiger partial charge is 0.350 e. The summed E-state index contributed by atoms with van der Waals surface area (Å²) in [7, 11) is 0. The topological polar surface area (TPSA) is 71.8 Å². The number of aromatic nitrogens is 3. The first-order chi connectivity index (χ1) is 10.2. The van der Waals surface area contributed by atoms with Crippen molar-refractivity contribution in [2.75, 3.05) is 0 Å². The second kappa shape index (κ2) is 4.43. The fourth-order valence-electron chi connectivity index (χ4n) is 2.24. The molecule has 5 nitrogen and oxygen atoms in total. The third-order valence-electron chi connectivity index (χ3n) is 3.19. The molecule has 0 bridgehead atoms. The Labute approximate surface area is 123 Å². The Morgan fingerprint density at radius 1 is 1.05 bits per heavy atom. The average molecular weight is 298 g/mol. The van der Waals surface area contributed by atoms with Crippen molar-refractivity contribution < 1.29 is 4.42 Å². The minimum Gasteiger partial charge on any atom is -0.433 e. The van der Waals surface area contributed by atoms with Crippen LogP contribution in [0.5, 0.6) is 0 Å². The molecule has 0 aliphatic carbocycles. The summed E-state index contributed by atoms with van der Waals surface area (Å²) in [6.45, 7) is 0. The molecule has 0 aromatic heterocycles. The summed E-state index contributed by atoms with van der Waals surface area (Å²) in [5.74, 6) is 0.554. The zero-order chi connectivity index (χ0) is 14.4. The van der Waals surface area contributed by atoms with Crippen LogP contribution in [-0.2, 0) is 0 Å². The van der Waals surface area contributed by atoms with Gasteiger partial charge in [-0.2, -0.15) is 4.98 Å². The van der Waals surface area contributed by atoms with Gasteiger partial charge in [-0.3, -0.25) is 4.98 Å². The highest BCUT2D eigenvalue weighted by atomic mass is 35.5. The lowest BCUT2D eigenvalue weighted by atomic mass is 10.1. The van der Waals surface area contributed by atoms with Gasteiger partial charge in [0.15, 0.2) is 11.4 Å². The number of fused-ring (bicyclic) bond motifs is 2. The van der Waals surface area contributed by atoms with E-state index in [9.17, 15) is 4.79 Å². The number of halogens is 1. The highest BCUT2D eigenvalue weighted by molar-refractivity contribution is 6.30. The third kappa shape index (κ3) is 2.08. The van der Waals surface area contributed by atoms with Crippen LogP contribution in [-0.4, -0.2) is 15.0 Å². The summed E-state index contributed by atoms with van der Waals surface area (Å²) in [6.07, 6.45) is 0. The standard InChI is InChI=1S/C15H8ClN3O2/c16-10-3-1-2-8(6-10)9-4-5-11-12(7-9)21-14-13(17-11)18-15(20)19-14/h1-7H,(H,17,18,20). The maximum atomic E-state index is 11.2. The van der Waals surface area contributed by atoms with E-state index in [1.807, 2.05) is 42.5 Å². The predicted octanol–water partition coefficient (Wildman–Crippen LogP) is 3.34. The summed E-state index contributed by atoms with van der Waals surface area (Å²) >= 11 is 6.01. The van der Waals surface area contributed by atoms with Crippen molar-refractivity contribution in [1.29, 1.82) is 0 Å². The van der Waals surface area contributed by atoms with Crippen LogP contribution in [0.2, 0.25) is 5.02 Å². The monoisotopic (exact) mass is 297 g/mol. The lowest BCUT2D eigenvalue weighted by molar-refractivity contribution is 0.596. The summed E-state index contributed by atoms with van der Waals surface area (Å²) in [6, 6.07) is 13.2. The molecule has 2 aliphatic rings. The van der Waals surface area contributed by atoms with E-state index in [1.165, 1.54) is 0 Å². The molecule has 102 valence electrons. The first-order valence-electron chi connectivity index (χ1n) is 6.26. The molecule has 4 rings (SSSR count). The largest absolute Gasteiger partial charge is 0.433 e. The van der Waals surface area contributed by atoms with Gasteiger partial charge in [-0.05, 0) is 35.4 Å². The number of rotatable bonds is 1. The molecular weight excluding hydrogens is 290 g/mol. The van der Waals surface area contributed by atoms with E-state index in [0.717, 1.165) is 11.1 Å². The van der Waals surface area contributed by atoms with Crippen LogP contribution >= 0.6 is 11.6 Å². The van der Waals surface area contributed by atoms with Crippen LogP contribution in [0.3, 0.4) is 0 Å². The lowest BCUT2D eigenvalue weighted by Gasteiger charge is -2.05. The highest BCUT2D eigenvalue weighted by Crippen LogP contribution is 2.27. The van der Waals surface area contributed by atoms with Crippen LogP contribution < -0.4 is 5.69 Å². The molecule has 0 saturated carbocycles. The van der Waals surface area contributed by atoms with Gasteiger partial charge in [-0.25, -0.2) is 9.78 Å². The zero-order valence-corrected chi connectivity index (χ0v) is 11.4. The normalized spacial score (nSPS) is 11.3. The van der Waals surface area contributed by atoms with Gasteiger partial charge < -0.3 is 4.42 Å². The van der Waals surface area contributed by atoms with Crippen LogP contribution in [0.1, 0.15) is 0 Å². The first-order valence-corrected chi connectivity index (χ1v) is 6.63. The average Bonchev–Trinajstić information content (AvgIpc) is 2.83. The molecule has 0 radical (unpaired) electrons. The second-order valence-corrected chi connectivity index (χ2v) is 5.04. The van der Waals surface area contributed by atoms with Crippen LogP contribution in [0.15, 0.2) is 51.7 Å². The second-order valence-electron chi connectivity index (χ2n) is 4.60. The van der Waals surface area contributed by atoms with E-state index in [0.29, 0.717) is 21.9 Å². The van der Waals surface area contributed by atoms with Crippen molar-refractivity contribution in [2.24, 2.45) is 0 Å². The van der Waals surface area contributed by atoms with E-state index in [-0.39, 0.29) is 5.89 Å². The Balaban J connectivity index is 1.95. The Kier molecular flexibility index (Phi) is 2.55. The molecular formula is C15H8ClN3O2. The quantitative estimate of drug-likeness (QED) is 0.585. The Morgan fingerprint density at radius 3 is 2.76 bits per heavy atom. The van der Waals surface area contributed by atoms with E-state index >= 15 is 0 Å². The summed E-state index contributed by atoms with van der Waals surface area (Å²) in [5, 5.41) is 0.668. The van der Waals surface area contributed by atoms with Gasteiger partial charge in [0.1, 0.15) is 5.52 Å². The molecule has 0 unspecified atom stereocenters. The fourth-order valence-corrected chi connectivity index (χ4v) is 2.43. The van der Waals surface area contributed by atoms with Gasteiger partial charge >= 0.3 is 5.69 Å². The number of hydrogen-bond acceptors (Lipinski definition) is 4. The molecule has 0 atom stereocenters. The van der Waals surface area contributed by atoms with Gasteiger partial charge in [0, 0.05) is 5.02 Å². The summed E-state index contributed by atoms with van der Waals surface area (Å²) in [5.41, 5.74) is 2.68. The van der Waals surface area contributed by atoms with Crippen LogP contribution in [0.4, 0.5) is 0 Å². The maximum absolute atomic E-state index is 11.2. The fraction of sp³-hybridized carbons (Fsp3) is 0. The molecule has 0 spiro atoms. The van der Waals surface area contributed by atoms with Crippen molar-refractivity contribution >= 4 is 22.7 Å². The SMILES string of the molecule is O=c1nc2oc3cc(-c4cccc(Cl)c4)ccc3nc-2[nH]1. The highest BCUT2D eigenvalue weighted by Gasteiger charge is 2.14. The molecule has 6 heteroatoms. The molecule has 2 aromatic carbocycles. The Morgan fingerprint density at radius 2 is 1.90 bits per heavy atom.